The number of carbonyl (C=O) groups excluding carboxylic acids is 3. The maximum Gasteiger partial charge on any atom is 0.341 e. The number of aliphatic carboxylic acids is 1. The van der Waals surface area contributed by atoms with Gasteiger partial charge >= 0.3 is 5.97 Å². The molecule has 132 valence electrons. The molecule has 0 aliphatic rings. The van der Waals surface area contributed by atoms with Crippen molar-refractivity contribution in [3.05, 3.63) is 41.0 Å². The maximum absolute atomic E-state index is 13.1. The van der Waals surface area contributed by atoms with E-state index >= 15 is 0 Å². The Kier molecular flexibility index (Phi) is 6.24. The molecule has 0 atom stereocenters. The number of thiophene rings is 1. The fourth-order valence-corrected chi connectivity index (χ4v) is 3.08. The standard InChI is InChI=1S/C17H16FNO5S/c1-2-24-17(23)15-12(10-3-5-11(18)6-4-10)9-25-16(15)19-13(20)7-8-14(21)22/h3-6,9H,2,7-8H2,1H3,(H,19,20)(H,21,22)/p-1. The zero-order chi connectivity index (χ0) is 18.4. The Morgan fingerprint density at radius 1 is 1.20 bits per heavy atom. The predicted molar refractivity (Wildman–Crippen MR) is 88.5 cm³/mol. The van der Waals surface area contributed by atoms with Crippen LogP contribution in [0.2, 0.25) is 0 Å². The molecule has 0 unspecified atom stereocenters. The van der Waals surface area contributed by atoms with E-state index in [-0.39, 0.29) is 23.6 Å². The van der Waals surface area contributed by atoms with Gasteiger partial charge in [-0.3, -0.25) is 4.79 Å². The van der Waals surface area contributed by atoms with Crippen LogP contribution in [-0.4, -0.2) is 24.5 Å². The second-order valence-corrected chi connectivity index (χ2v) is 5.88. The Morgan fingerprint density at radius 2 is 1.88 bits per heavy atom. The van der Waals surface area contributed by atoms with E-state index in [1.54, 1.807) is 12.3 Å². The number of carboxylic acid groups (broad SMARTS) is 1. The van der Waals surface area contributed by atoms with Crippen molar-refractivity contribution in [2.75, 3.05) is 11.9 Å². The third-order valence-electron chi connectivity index (χ3n) is 3.23. The molecule has 2 rings (SSSR count). The molecule has 0 saturated heterocycles. The SMILES string of the molecule is CCOC(=O)c1c(-c2ccc(F)cc2)csc1NC(=O)CCC(=O)[O-]. The summed E-state index contributed by atoms with van der Waals surface area (Å²) in [6, 6.07) is 5.56. The molecular weight excluding hydrogens is 349 g/mol. The first-order chi connectivity index (χ1) is 11.9. The van der Waals surface area contributed by atoms with E-state index in [0.29, 0.717) is 11.1 Å². The number of ether oxygens (including phenoxy) is 1. The van der Waals surface area contributed by atoms with Crippen molar-refractivity contribution in [1.29, 1.82) is 0 Å². The van der Waals surface area contributed by atoms with E-state index < -0.39 is 30.1 Å². The molecule has 6 nitrogen and oxygen atoms in total. The summed E-state index contributed by atoms with van der Waals surface area (Å²) in [6.45, 7) is 1.80. The highest BCUT2D eigenvalue weighted by molar-refractivity contribution is 7.15. The number of esters is 1. The summed E-state index contributed by atoms with van der Waals surface area (Å²) in [4.78, 5) is 34.6. The van der Waals surface area contributed by atoms with Gasteiger partial charge in [0.15, 0.2) is 0 Å². The van der Waals surface area contributed by atoms with Crippen LogP contribution in [0.4, 0.5) is 9.39 Å². The minimum Gasteiger partial charge on any atom is -0.550 e. The number of amides is 1. The van der Waals surface area contributed by atoms with Gasteiger partial charge < -0.3 is 20.0 Å². The van der Waals surface area contributed by atoms with Crippen LogP contribution in [0, 0.1) is 5.82 Å². The highest BCUT2D eigenvalue weighted by Gasteiger charge is 2.22. The Hall–Kier alpha value is -2.74. The third kappa shape index (κ3) is 4.87. The summed E-state index contributed by atoms with van der Waals surface area (Å²) in [6.07, 6.45) is -0.689. The molecule has 0 radical (unpaired) electrons. The molecule has 25 heavy (non-hydrogen) atoms. The molecular formula is C17H15FNO5S-. The summed E-state index contributed by atoms with van der Waals surface area (Å²) in [5.74, 6) is -2.92. The molecule has 0 saturated carbocycles. The fourth-order valence-electron chi connectivity index (χ4n) is 2.10. The van der Waals surface area contributed by atoms with E-state index in [9.17, 15) is 23.9 Å². The number of benzene rings is 1. The minimum atomic E-state index is -1.33. The Balaban J connectivity index is 2.33. The van der Waals surface area contributed by atoms with Crippen molar-refractivity contribution in [3.8, 4) is 11.1 Å². The quantitative estimate of drug-likeness (QED) is 0.760. The fraction of sp³-hybridized carbons (Fsp3) is 0.235. The zero-order valence-electron chi connectivity index (χ0n) is 13.3. The van der Waals surface area contributed by atoms with Crippen LogP contribution < -0.4 is 10.4 Å². The van der Waals surface area contributed by atoms with Gasteiger partial charge in [0.05, 0.1) is 6.61 Å². The number of anilines is 1. The van der Waals surface area contributed by atoms with Crippen LogP contribution >= 0.6 is 11.3 Å². The number of nitrogens with one attached hydrogen (secondary N) is 1. The lowest BCUT2D eigenvalue weighted by molar-refractivity contribution is -0.305. The van der Waals surface area contributed by atoms with Crippen molar-refractivity contribution in [3.63, 3.8) is 0 Å². The largest absolute Gasteiger partial charge is 0.550 e. The van der Waals surface area contributed by atoms with Crippen molar-refractivity contribution >= 4 is 34.2 Å². The van der Waals surface area contributed by atoms with Gasteiger partial charge in [-0.25, -0.2) is 9.18 Å². The van der Waals surface area contributed by atoms with Gasteiger partial charge in [0.25, 0.3) is 0 Å². The van der Waals surface area contributed by atoms with Crippen LogP contribution in [0.1, 0.15) is 30.1 Å². The number of rotatable bonds is 7. The van der Waals surface area contributed by atoms with Crippen LogP contribution in [0.15, 0.2) is 29.6 Å². The van der Waals surface area contributed by atoms with Gasteiger partial charge in [-0.05, 0) is 31.0 Å². The molecule has 1 heterocycles. The smallest absolute Gasteiger partial charge is 0.341 e. The molecule has 0 bridgehead atoms. The molecule has 1 aromatic carbocycles. The van der Waals surface area contributed by atoms with Crippen LogP contribution in [-0.2, 0) is 14.3 Å². The second kappa shape index (κ2) is 8.39. The van der Waals surface area contributed by atoms with Crippen molar-refractivity contribution in [2.45, 2.75) is 19.8 Å². The monoisotopic (exact) mass is 364 g/mol. The number of hydrogen-bond acceptors (Lipinski definition) is 6. The summed E-state index contributed by atoms with van der Waals surface area (Å²) in [5, 5.41) is 14.9. The maximum atomic E-state index is 13.1. The first-order valence-corrected chi connectivity index (χ1v) is 8.34. The first kappa shape index (κ1) is 18.6. The van der Waals surface area contributed by atoms with Gasteiger partial charge in [0.1, 0.15) is 16.4 Å². The molecule has 0 aliphatic carbocycles. The molecule has 1 aromatic heterocycles. The highest BCUT2D eigenvalue weighted by atomic mass is 32.1. The van der Waals surface area contributed by atoms with Crippen LogP contribution in [0.5, 0.6) is 0 Å². The van der Waals surface area contributed by atoms with Crippen LogP contribution in [0.3, 0.4) is 0 Å². The molecule has 8 heteroatoms. The summed E-state index contributed by atoms with van der Waals surface area (Å²) >= 11 is 1.10. The van der Waals surface area contributed by atoms with Gasteiger partial charge in [-0.15, -0.1) is 11.3 Å². The predicted octanol–water partition coefficient (Wildman–Crippen LogP) is 2.20. The summed E-state index contributed by atoms with van der Waals surface area (Å²) in [7, 11) is 0. The lowest BCUT2D eigenvalue weighted by atomic mass is 10.0. The summed E-state index contributed by atoms with van der Waals surface area (Å²) < 4.78 is 18.1. The first-order valence-electron chi connectivity index (χ1n) is 7.46. The van der Waals surface area contributed by atoms with E-state index in [1.165, 1.54) is 24.3 Å². The summed E-state index contributed by atoms with van der Waals surface area (Å²) in [5.41, 5.74) is 1.25. The topological polar surface area (TPSA) is 95.5 Å². The number of carboxylic acids is 1. The van der Waals surface area contributed by atoms with Gasteiger partial charge in [0, 0.05) is 23.3 Å². The lowest BCUT2D eigenvalue weighted by Crippen LogP contribution is -2.24. The van der Waals surface area contributed by atoms with E-state index in [0.717, 1.165) is 11.3 Å². The Labute approximate surface area is 147 Å². The lowest BCUT2D eigenvalue weighted by Gasteiger charge is -2.09. The molecule has 0 aliphatic heterocycles. The molecule has 0 fully saturated rings. The Bertz CT molecular complexity index is 785. The van der Waals surface area contributed by atoms with Crippen molar-refractivity contribution < 1.29 is 28.6 Å². The average molecular weight is 364 g/mol. The minimum absolute atomic E-state index is 0.148. The van der Waals surface area contributed by atoms with E-state index in [4.69, 9.17) is 4.74 Å². The van der Waals surface area contributed by atoms with E-state index in [1.807, 2.05) is 0 Å². The average Bonchev–Trinajstić information content (AvgIpc) is 2.97. The normalized spacial score (nSPS) is 10.3. The third-order valence-corrected chi connectivity index (χ3v) is 4.13. The van der Waals surface area contributed by atoms with Crippen molar-refractivity contribution in [2.24, 2.45) is 0 Å². The van der Waals surface area contributed by atoms with Gasteiger partial charge in [-0.1, -0.05) is 12.1 Å². The molecule has 1 amide bonds. The second-order valence-electron chi connectivity index (χ2n) is 5.00. The molecule has 2 aromatic rings. The number of halogens is 1. The molecule has 0 spiro atoms. The zero-order valence-corrected chi connectivity index (χ0v) is 14.2. The number of hydrogen-bond donors (Lipinski definition) is 1. The number of carbonyl (C=O) groups is 3. The molecule has 1 N–H and O–H groups in total. The van der Waals surface area contributed by atoms with Crippen molar-refractivity contribution in [1.82, 2.24) is 0 Å². The Morgan fingerprint density at radius 3 is 2.48 bits per heavy atom. The van der Waals surface area contributed by atoms with Gasteiger partial charge in [0.2, 0.25) is 5.91 Å². The van der Waals surface area contributed by atoms with E-state index in [2.05, 4.69) is 5.32 Å². The highest BCUT2D eigenvalue weighted by Crippen LogP contribution is 2.36. The van der Waals surface area contributed by atoms with Crippen LogP contribution in [0.25, 0.3) is 11.1 Å². The van der Waals surface area contributed by atoms with Gasteiger partial charge in [-0.2, -0.15) is 0 Å².